The van der Waals surface area contributed by atoms with Crippen molar-refractivity contribution in [2.45, 2.75) is 30.6 Å². The number of nitrogens with zero attached hydrogens (tertiary/aromatic N) is 5. The Hall–Kier alpha value is -1.97. The lowest BCUT2D eigenvalue weighted by atomic mass is 9.96. The normalized spacial score (nSPS) is 15.9. The first kappa shape index (κ1) is 19.4. The second kappa shape index (κ2) is 9.02. The average molecular weight is 417 g/mol. The summed E-state index contributed by atoms with van der Waals surface area (Å²) in [5.41, 5.74) is 2.25. The maximum absolute atomic E-state index is 12.3. The quantitative estimate of drug-likeness (QED) is 0.470. The number of nitrogens with one attached hydrogen (secondary N) is 1. The van der Waals surface area contributed by atoms with Crippen molar-refractivity contribution < 1.29 is 4.79 Å². The number of thioether (sulfide) groups is 1. The van der Waals surface area contributed by atoms with Gasteiger partial charge in [0.15, 0.2) is 4.34 Å². The maximum Gasteiger partial charge on any atom is 0.240 e. The predicted octanol–water partition coefficient (Wildman–Crippen LogP) is 3.35. The van der Waals surface area contributed by atoms with Gasteiger partial charge in [0.05, 0.1) is 23.9 Å². The van der Waals surface area contributed by atoms with Gasteiger partial charge in [0.25, 0.3) is 0 Å². The van der Waals surface area contributed by atoms with Gasteiger partial charge >= 0.3 is 0 Å². The molecule has 1 aliphatic rings. The fourth-order valence-corrected chi connectivity index (χ4v) is 5.23. The number of hydrogen-bond acceptors (Lipinski definition) is 7. The van der Waals surface area contributed by atoms with Crippen molar-refractivity contribution in [3.63, 3.8) is 0 Å². The topological polar surface area (TPSA) is 75.9 Å². The third-order valence-corrected chi connectivity index (χ3v) is 6.83. The summed E-state index contributed by atoms with van der Waals surface area (Å²) in [6.45, 7) is 5.36. The molecule has 148 valence electrons. The molecule has 0 atom stereocenters. The maximum atomic E-state index is 12.3. The molecule has 9 heteroatoms. The highest BCUT2D eigenvalue weighted by atomic mass is 32.2. The number of piperidine rings is 1. The molecule has 0 saturated carbocycles. The minimum atomic E-state index is -0.0109. The SMILES string of the molecule is CCSc1nnc(NC(=O)CN2CCC(Cn3cnc4ccccc43)CC2)s1. The van der Waals surface area contributed by atoms with Crippen LogP contribution in [0.5, 0.6) is 0 Å². The first-order valence-electron chi connectivity index (χ1n) is 9.59. The van der Waals surface area contributed by atoms with E-state index in [1.165, 1.54) is 16.9 Å². The van der Waals surface area contributed by atoms with Crippen LogP contribution in [0.25, 0.3) is 11.0 Å². The van der Waals surface area contributed by atoms with Crippen molar-refractivity contribution in [2.75, 3.05) is 30.7 Å². The lowest BCUT2D eigenvalue weighted by molar-refractivity contribution is -0.117. The molecule has 4 rings (SSSR count). The van der Waals surface area contributed by atoms with Crippen molar-refractivity contribution in [1.29, 1.82) is 0 Å². The number of imidazole rings is 1. The Bertz CT molecular complexity index is 931. The number of carbonyl (C=O) groups excluding carboxylic acids is 1. The highest BCUT2D eigenvalue weighted by Crippen LogP contribution is 2.25. The van der Waals surface area contributed by atoms with Crippen LogP contribution in [0.15, 0.2) is 34.9 Å². The van der Waals surface area contributed by atoms with Crippen LogP contribution in [0.2, 0.25) is 0 Å². The van der Waals surface area contributed by atoms with Gasteiger partial charge in [-0.15, -0.1) is 10.2 Å². The van der Waals surface area contributed by atoms with Crippen LogP contribution in [0.3, 0.4) is 0 Å². The van der Waals surface area contributed by atoms with Crippen LogP contribution in [0.4, 0.5) is 5.13 Å². The smallest absolute Gasteiger partial charge is 0.240 e. The van der Waals surface area contributed by atoms with Crippen molar-refractivity contribution in [3.8, 4) is 0 Å². The molecule has 3 heterocycles. The molecule has 0 aliphatic carbocycles. The molecule has 28 heavy (non-hydrogen) atoms. The summed E-state index contributed by atoms with van der Waals surface area (Å²) in [6.07, 6.45) is 4.13. The molecule has 0 unspecified atom stereocenters. The zero-order valence-corrected chi connectivity index (χ0v) is 17.5. The fraction of sp³-hybridized carbons (Fsp3) is 0.474. The Morgan fingerprint density at radius 3 is 2.93 bits per heavy atom. The molecule has 1 aliphatic heterocycles. The van der Waals surface area contributed by atoms with Gasteiger partial charge in [-0.1, -0.05) is 42.2 Å². The predicted molar refractivity (Wildman–Crippen MR) is 114 cm³/mol. The van der Waals surface area contributed by atoms with Crippen molar-refractivity contribution in [1.82, 2.24) is 24.6 Å². The first-order chi connectivity index (χ1) is 13.7. The molecule has 1 fully saturated rings. The number of likely N-dealkylation sites (tertiary alicyclic amines) is 1. The summed E-state index contributed by atoms with van der Waals surface area (Å²) in [6, 6.07) is 8.26. The highest BCUT2D eigenvalue weighted by Gasteiger charge is 2.22. The molecular formula is C19H24N6OS2. The lowest BCUT2D eigenvalue weighted by Crippen LogP contribution is -2.39. The van der Waals surface area contributed by atoms with E-state index in [1.54, 1.807) is 11.8 Å². The number of hydrogen-bond donors (Lipinski definition) is 1. The van der Waals surface area contributed by atoms with Gasteiger partial charge in [-0.3, -0.25) is 15.0 Å². The molecule has 3 aromatic rings. The number of para-hydroxylation sites is 2. The molecule has 1 N–H and O–H groups in total. The van der Waals surface area contributed by atoms with E-state index in [0.29, 0.717) is 17.6 Å². The number of fused-ring (bicyclic) bond motifs is 1. The fourth-order valence-electron chi connectivity index (χ4n) is 3.57. The molecular weight excluding hydrogens is 392 g/mol. The zero-order valence-electron chi connectivity index (χ0n) is 15.9. The molecule has 0 spiro atoms. The van der Waals surface area contributed by atoms with Gasteiger partial charge in [-0.2, -0.15) is 0 Å². The highest BCUT2D eigenvalue weighted by molar-refractivity contribution is 8.01. The Balaban J connectivity index is 1.24. The lowest BCUT2D eigenvalue weighted by Gasteiger charge is -2.31. The summed E-state index contributed by atoms with van der Waals surface area (Å²) in [7, 11) is 0. The number of anilines is 1. The largest absolute Gasteiger partial charge is 0.330 e. The summed E-state index contributed by atoms with van der Waals surface area (Å²) >= 11 is 3.07. The van der Waals surface area contributed by atoms with Crippen molar-refractivity contribution in [3.05, 3.63) is 30.6 Å². The van der Waals surface area contributed by atoms with E-state index < -0.39 is 0 Å². The summed E-state index contributed by atoms with van der Waals surface area (Å²) in [4.78, 5) is 19.0. The molecule has 7 nitrogen and oxygen atoms in total. The van der Waals surface area contributed by atoms with Gasteiger partial charge in [0.1, 0.15) is 0 Å². The molecule has 0 bridgehead atoms. The number of carbonyl (C=O) groups is 1. The zero-order chi connectivity index (χ0) is 19.3. The van der Waals surface area contributed by atoms with Crippen LogP contribution >= 0.6 is 23.1 Å². The van der Waals surface area contributed by atoms with E-state index in [4.69, 9.17) is 0 Å². The minimum absolute atomic E-state index is 0.0109. The molecule has 1 amide bonds. The average Bonchev–Trinajstić information content (AvgIpc) is 3.31. The standard InChI is InChI=1S/C19H24N6OS2/c1-2-27-19-23-22-18(28-19)21-17(26)12-24-9-7-14(8-10-24)11-25-13-20-15-5-3-4-6-16(15)25/h3-6,13-14H,2,7-12H2,1H3,(H,21,22,26). The van der Waals surface area contributed by atoms with E-state index in [1.807, 2.05) is 12.4 Å². The minimum Gasteiger partial charge on any atom is -0.330 e. The van der Waals surface area contributed by atoms with E-state index in [-0.39, 0.29) is 5.91 Å². The molecule has 1 saturated heterocycles. The van der Waals surface area contributed by atoms with Crippen LogP contribution in [-0.4, -0.2) is 55.9 Å². The number of aromatic nitrogens is 4. The third kappa shape index (κ3) is 4.71. The Morgan fingerprint density at radius 2 is 2.11 bits per heavy atom. The summed E-state index contributed by atoms with van der Waals surface area (Å²) in [5.74, 6) is 1.56. The number of amides is 1. The molecule has 1 aromatic carbocycles. The van der Waals surface area contributed by atoms with Gasteiger partial charge in [0.2, 0.25) is 11.0 Å². The van der Waals surface area contributed by atoms with Gasteiger partial charge in [-0.05, 0) is 49.7 Å². The van der Waals surface area contributed by atoms with Crippen LogP contribution in [0.1, 0.15) is 19.8 Å². The van der Waals surface area contributed by atoms with Crippen LogP contribution in [0, 0.1) is 5.92 Å². The Labute approximate surface area is 172 Å². The van der Waals surface area contributed by atoms with Crippen molar-refractivity contribution >= 4 is 45.2 Å². The summed E-state index contributed by atoms with van der Waals surface area (Å²) in [5, 5.41) is 11.6. The molecule has 0 radical (unpaired) electrons. The number of benzene rings is 1. The Morgan fingerprint density at radius 1 is 1.29 bits per heavy atom. The van der Waals surface area contributed by atoms with E-state index in [9.17, 15) is 4.79 Å². The van der Waals surface area contributed by atoms with E-state index in [0.717, 1.165) is 48.1 Å². The van der Waals surface area contributed by atoms with Gasteiger partial charge < -0.3 is 4.57 Å². The van der Waals surface area contributed by atoms with Gasteiger partial charge in [0, 0.05) is 6.54 Å². The van der Waals surface area contributed by atoms with Gasteiger partial charge in [-0.25, -0.2) is 4.98 Å². The first-order valence-corrected chi connectivity index (χ1v) is 11.4. The summed E-state index contributed by atoms with van der Waals surface area (Å²) < 4.78 is 3.15. The monoisotopic (exact) mass is 416 g/mol. The molecule has 2 aromatic heterocycles. The number of rotatable bonds is 7. The van der Waals surface area contributed by atoms with E-state index in [2.05, 4.69) is 55.1 Å². The second-order valence-electron chi connectivity index (χ2n) is 6.96. The van der Waals surface area contributed by atoms with Crippen LogP contribution in [-0.2, 0) is 11.3 Å². The van der Waals surface area contributed by atoms with E-state index >= 15 is 0 Å². The van der Waals surface area contributed by atoms with Crippen LogP contribution < -0.4 is 5.32 Å². The Kier molecular flexibility index (Phi) is 6.23. The second-order valence-corrected chi connectivity index (χ2v) is 9.45. The van der Waals surface area contributed by atoms with Crippen molar-refractivity contribution in [2.24, 2.45) is 5.92 Å². The third-order valence-electron chi connectivity index (χ3n) is 4.98.